The largest absolute Gasteiger partial charge is 0.444 e. The van der Waals surface area contributed by atoms with Crippen LogP contribution >= 0.6 is 11.6 Å². The van der Waals surface area contributed by atoms with Crippen molar-refractivity contribution in [2.45, 2.75) is 46.1 Å². The number of hydrogen-bond donors (Lipinski definition) is 1. The highest BCUT2D eigenvalue weighted by atomic mass is 35.5. The number of amides is 1. The zero-order valence-corrected chi connectivity index (χ0v) is 15.2. The molecular formula is C18H27ClN2O2. The van der Waals surface area contributed by atoms with E-state index < -0.39 is 5.60 Å². The lowest BCUT2D eigenvalue weighted by Gasteiger charge is -2.34. The summed E-state index contributed by atoms with van der Waals surface area (Å²) in [5.41, 5.74) is 1.68. The van der Waals surface area contributed by atoms with Crippen molar-refractivity contribution in [2.75, 3.05) is 25.0 Å². The Kier molecular flexibility index (Phi) is 5.79. The number of ether oxygens (including phenoxy) is 1. The predicted molar refractivity (Wildman–Crippen MR) is 95.2 cm³/mol. The molecule has 4 nitrogen and oxygen atoms in total. The van der Waals surface area contributed by atoms with Crippen molar-refractivity contribution < 1.29 is 9.53 Å². The standard InChI is InChI=1S/C18H27ClN2O2/c1-13-15(19)8-5-9-16(13)20-11-14-7-6-10-21(12-14)17(22)23-18(2,3)4/h5,8-9,14,20H,6-7,10-12H2,1-4H3. The van der Waals surface area contributed by atoms with E-state index in [4.69, 9.17) is 16.3 Å². The molecule has 2 rings (SSSR count). The number of benzene rings is 1. The van der Waals surface area contributed by atoms with Crippen LogP contribution in [0.1, 0.15) is 39.2 Å². The first-order valence-corrected chi connectivity index (χ1v) is 8.61. The molecular weight excluding hydrogens is 312 g/mol. The summed E-state index contributed by atoms with van der Waals surface area (Å²) >= 11 is 6.15. The fourth-order valence-electron chi connectivity index (χ4n) is 2.78. The van der Waals surface area contributed by atoms with Gasteiger partial charge in [-0.3, -0.25) is 0 Å². The molecule has 0 radical (unpaired) electrons. The minimum atomic E-state index is -0.444. The summed E-state index contributed by atoms with van der Waals surface area (Å²) in [5, 5.41) is 4.24. The Hall–Kier alpha value is -1.42. The Bertz CT molecular complexity index is 554. The first-order chi connectivity index (χ1) is 10.8. The Labute approximate surface area is 144 Å². The number of nitrogens with zero attached hydrogens (tertiary/aromatic N) is 1. The van der Waals surface area contributed by atoms with E-state index in [0.717, 1.165) is 48.7 Å². The molecule has 1 amide bonds. The van der Waals surface area contributed by atoms with Gasteiger partial charge in [-0.1, -0.05) is 17.7 Å². The minimum Gasteiger partial charge on any atom is -0.444 e. The van der Waals surface area contributed by atoms with Crippen molar-refractivity contribution in [3.05, 3.63) is 28.8 Å². The van der Waals surface area contributed by atoms with Gasteiger partial charge in [0.15, 0.2) is 0 Å². The van der Waals surface area contributed by atoms with Gasteiger partial charge in [-0.05, 0) is 64.2 Å². The number of likely N-dealkylation sites (tertiary alicyclic amines) is 1. The van der Waals surface area contributed by atoms with Gasteiger partial charge in [0.05, 0.1) is 0 Å². The van der Waals surface area contributed by atoms with Crippen LogP contribution in [-0.4, -0.2) is 36.2 Å². The van der Waals surface area contributed by atoms with Gasteiger partial charge in [-0.2, -0.15) is 0 Å². The number of piperidine rings is 1. The lowest BCUT2D eigenvalue weighted by atomic mass is 9.98. The summed E-state index contributed by atoms with van der Waals surface area (Å²) in [6.45, 7) is 10.1. The van der Waals surface area contributed by atoms with E-state index in [2.05, 4.69) is 5.32 Å². The summed E-state index contributed by atoms with van der Waals surface area (Å²) in [6.07, 6.45) is 1.92. The molecule has 1 aromatic rings. The monoisotopic (exact) mass is 338 g/mol. The van der Waals surface area contributed by atoms with Crippen molar-refractivity contribution in [3.8, 4) is 0 Å². The van der Waals surface area contributed by atoms with E-state index >= 15 is 0 Å². The Morgan fingerprint density at radius 1 is 1.43 bits per heavy atom. The van der Waals surface area contributed by atoms with Crippen LogP contribution in [-0.2, 0) is 4.74 Å². The van der Waals surface area contributed by atoms with Crippen LogP contribution in [0.4, 0.5) is 10.5 Å². The van der Waals surface area contributed by atoms with Crippen molar-refractivity contribution in [3.63, 3.8) is 0 Å². The smallest absolute Gasteiger partial charge is 0.410 e. The Morgan fingerprint density at radius 2 is 2.17 bits per heavy atom. The molecule has 0 bridgehead atoms. The molecule has 1 aliphatic rings. The van der Waals surface area contributed by atoms with Crippen LogP contribution in [0.15, 0.2) is 18.2 Å². The van der Waals surface area contributed by atoms with Gasteiger partial charge in [0, 0.05) is 30.3 Å². The molecule has 1 heterocycles. The number of rotatable bonds is 3. The molecule has 1 aliphatic heterocycles. The zero-order valence-electron chi connectivity index (χ0n) is 14.5. The van der Waals surface area contributed by atoms with Gasteiger partial charge in [-0.15, -0.1) is 0 Å². The molecule has 1 saturated heterocycles. The number of carbonyl (C=O) groups excluding carboxylic acids is 1. The lowest BCUT2D eigenvalue weighted by Crippen LogP contribution is -2.44. The van der Waals surface area contributed by atoms with Crippen LogP contribution in [0.3, 0.4) is 0 Å². The van der Waals surface area contributed by atoms with E-state index in [0.29, 0.717) is 5.92 Å². The molecule has 1 aromatic carbocycles. The van der Waals surface area contributed by atoms with E-state index in [1.807, 2.05) is 50.8 Å². The molecule has 1 atom stereocenters. The SMILES string of the molecule is Cc1c(Cl)cccc1NCC1CCCN(C(=O)OC(C)(C)C)C1. The fraction of sp³-hybridized carbons (Fsp3) is 0.611. The molecule has 0 aromatic heterocycles. The van der Waals surface area contributed by atoms with E-state index in [9.17, 15) is 4.79 Å². The molecule has 5 heteroatoms. The molecule has 128 valence electrons. The number of carbonyl (C=O) groups is 1. The number of halogens is 1. The fourth-order valence-corrected chi connectivity index (χ4v) is 2.95. The maximum atomic E-state index is 12.2. The molecule has 1 unspecified atom stereocenters. The highest BCUT2D eigenvalue weighted by Crippen LogP contribution is 2.25. The summed E-state index contributed by atoms with van der Waals surface area (Å²) in [7, 11) is 0. The topological polar surface area (TPSA) is 41.6 Å². The quantitative estimate of drug-likeness (QED) is 0.868. The number of hydrogen-bond acceptors (Lipinski definition) is 3. The van der Waals surface area contributed by atoms with Crippen LogP contribution in [0.5, 0.6) is 0 Å². The highest BCUT2D eigenvalue weighted by molar-refractivity contribution is 6.31. The molecule has 1 fully saturated rings. The first-order valence-electron chi connectivity index (χ1n) is 8.23. The number of nitrogens with one attached hydrogen (secondary N) is 1. The summed E-state index contributed by atoms with van der Waals surface area (Å²) in [4.78, 5) is 14.0. The molecule has 0 saturated carbocycles. The van der Waals surface area contributed by atoms with Gasteiger partial charge in [0.2, 0.25) is 0 Å². The molecule has 0 spiro atoms. The summed E-state index contributed by atoms with van der Waals surface area (Å²) in [6, 6.07) is 5.88. The average Bonchev–Trinajstić information content (AvgIpc) is 2.47. The van der Waals surface area contributed by atoms with Crippen LogP contribution in [0, 0.1) is 12.8 Å². The van der Waals surface area contributed by atoms with E-state index in [1.165, 1.54) is 0 Å². The maximum Gasteiger partial charge on any atom is 0.410 e. The highest BCUT2D eigenvalue weighted by Gasteiger charge is 2.27. The number of anilines is 1. The minimum absolute atomic E-state index is 0.207. The second-order valence-electron chi connectivity index (χ2n) is 7.23. The maximum absolute atomic E-state index is 12.2. The second kappa shape index (κ2) is 7.43. The van der Waals surface area contributed by atoms with E-state index in [1.54, 1.807) is 0 Å². The Morgan fingerprint density at radius 3 is 2.87 bits per heavy atom. The molecule has 1 N–H and O–H groups in total. The van der Waals surface area contributed by atoms with Crippen molar-refractivity contribution in [2.24, 2.45) is 5.92 Å². The van der Waals surface area contributed by atoms with Crippen LogP contribution in [0.25, 0.3) is 0 Å². The molecule has 23 heavy (non-hydrogen) atoms. The third-order valence-corrected chi connectivity index (χ3v) is 4.43. The van der Waals surface area contributed by atoms with Crippen LogP contribution in [0.2, 0.25) is 5.02 Å². The zero-order chi connectivity index (χ0) is 17.0. The van der Waals surface area contributed by atoms with Crippen molar-refractivity contribution >= 4 is 23.4 Å². The van der Waals surface area contributed by atoms with Gasteiger partial charge in [0.25, 0.3) is 0 Å². The second-order valence-corrected chi connectivity index (χ2v) is 7.64. The van der Waals surface area contributed by atoms with Gasteiger partial charge >= 0.3 is 6.09 Å². The Balaban J connectivity index is 1.89. The lowest BCUT2D eigenvalue weighted by molar-refractivity contribution is 0.0172. The van der Waals surface area contributed by atoms with E-state index in [-0.39, 0.29) is 6.09 Å². The van der Waals surface area contributed by atoms with Gasteiger partial charge in [0.1, 0.15) is 5.60 Å². The summed E-state index contributed by atoms with van der Waals surface area (Å²) < 4.78 is 5.47. The van der Waals surface area contributed by atoms with Crippen LogP contribution < -0.4 is 5.32 Å². The third kappa shape index (κ3) is 5.31. The van der Waals surface area contributed by atoms with Gasteiger partial charge in [-0.25, -0.2) is 4.79 Å². The van der Waals surface area contributed by atoms with Crippen molar-refractivity contribution in [1.29, 1.82) is 0 Å². The first kappa shape index (κ1) is 17.9. The summed E-state index contributed by atoms with van der Waals surface area (Å²) in [5.74, 6) is 0.426. The third-order valence-electron chi connectivity index (χ3n) is 4.02. The normalized spacial score (nSPS) is 18.7. The molecule has 0 aliphatic carbocycles. The predicted octanol–water partition coefficient (Wildman–Crippen LogP) is 4.71. The van der Waals surface area contributed by atoms with Crippen molar-refractivity contribution in [1.82, 2.24) is 4.90 Å². The average molecular weight is 339 g/mol. The van der Waals surface area contributed by atoms with Gasteiger partial charge < -0.3 is 15.0 Å².